The van der Waals surface area contributed by atoms with Gasteiger partial charge in [-0.15, -0.1) is 0 Å². The van der Waals surface area contributed by atoms with Gasteiger partial charge in [0, 0.05) is 17.5 Å². The molecule has 0 spiro atoms. The topological polar surface area (TPSA) is 67.9 Å². The lowest BCUT2D eigenvalue weighted by Crippen LogP contribution is -2.38. The Labute approximate surface area is 195 Å². The van der Waals surface area contributed by atoms with Gasteiger partial charge in [-0.1, -0.05) is 42.3 Å². The number of hydrogen-bond donors (Lipinski definition) is 1. The summed E-state index contributed by atoms with van der Waals surface area (Å²) in [5.41, 5.74) is 9.88. The first-order chi connectivity index (χ1) is 15.1. The maximum Gasteiger partial charge on any atom is 0.411 e. The molecule has 1 fully saturated rings. The number of aliphatic imine (C=N–C) groups is 1. The Kier molecular flexibility index (Phi) is 6.22. The highest BCUT2D eigenvalue weighted by atomic mass is 35.5. The molecule has 1 amide bonds. The van der Waals surface area contributed by atoms with Crippen LogP contribution < -0.4 is 5.73 Å². The molecule has 0 aromatic heterocycles. The summed E-state index contributed by atoms with van der Waals surface area (Å²) in [5, 5.41) is 0.643. The summed E-state index contributed by atoms with van der Waals surface area (Å²) in [6.07, 6.45) is 3.10. The Morgan fingerprint density at radius 1 is 1.22 bits per heavy atom. The second kappa shape index (κ2) is 8.78. The van der Waals surface area contributed by atoms with Gasteiger partial charge in [0.15, 0.2) is 0 Å². The van der Waals surface area contributed by atoms with E-state index in [4.69, 9.17) is 27.1 Å². The lowest BCUT2D eigenvalue weighted by molar-refractivity contribution is 0.0153. The molecule has 2 aliphatic rings. The molecular weight excluding hydrogens is 422 g/mol. The van der Waals surface area contributed by atoms with Gasteiger partial charge in [-0.3, -0.25) is 4.90 Å². The fourth-order valence-corrected chi connectivity index (χ4v) is 5.04. The van der Waals surface area contributed by atoms with Gasteiger partial charge in [-0.05, 0) is 81.3 Å². The number of rotatable bonds is 4. The van der Waals surface area contributed by atoms with Crippen LogP contribution in [0, 0.1) is 5.92 Å². The molecule has 2 aromatic carbocycles. The highest BCUT2D eigenvalue weighted by Gasteiger charge is 2.36. The van der Waals surface area contributed by atoms with Crippen molar-refractivity contribution in [3.63, 3.8) is 0 Å². The second-order valence-electron chi connectivity index (χ2n) is 9.91. The van der Waals surface area contributed by atoms with Gasteiger partial charge in [0.05, 0.1) is 11.7 Å². The van der Waals surface area contributed by atoms with Crippen LogP contribution in [0.15, 0.2) is 47.5 Å². The minimum absolute atomic E-state index is 0.216. The minimum atomic E-state index is -0.588. The fourth-order valence-electron chi connectivity index (χ4n) is 4.83. The third-order valence-electron chi connectivity index (χ3n) is 6.42. The highest BCUT2D eigenvalue weighted by Crippen LogP contribution is 2.47. The molecule has 3 unspecified atom stereocenters. The van der Waals surface area contributed by atoms with E-state index in [0.717, 1.165) is 35.5 Å². The zero-order valence-electron chi connectivity index (χ0n) is 19.3. The zero-order chi connectivity index (χ0) is 23.0. The van der Waals surface area contributed by atoms with E-state index in [1.165, 1.54) is 12.0 Å². The molecule has 4 rings (SSSR count). The van der Waals surface area contributed by atoms with Crippen LogP contribution in [0.3, 0.4) is 0 Å². The van der Waals surface area contributed by atoms with Crippen LogP contribution in [0.1, 0.15) is 75.6 Å². The van der Waals surface area contributed by atoms with Crippen molar-refractivity contribution >= 4 is 29.2 Å². The molecule has 0 saturated heterocycles. The maximum absolute atomic E-state index is 13.2. The van der Waals surface area contributed by atoms with Crippen molar-refractivity contribution in [1.82, 2.24) is 4.90 Å². The number of ether oxygens (including phenoxy) is 1. The molecular formula is C26H32ClN3O2. The van der Waals surface area contributed by atoms with Crippen molar-refractivity contribution in [3.05, 3.63) is 64.2 Å². The van der Waals surface area contributed by atoms with Gasteiger partial charge in [-0.2, -0.15) is 0 Å². The van der Waals surface area contributed by atoms with E-state index in [1.54, 1.807) is 4.90 Å². The van der Waals surface area contributed by atoms with Crippen molar-refractivity contribution in [2.45, 2.75) is 71.1 Å². The number of carbonyl (C=O) groups excluding carboxylic acids is 1. The summed E-state index contributed by atoms with van der Waals surface area (Å²) in [6, 6.07) is 13.7. The molecule has 32 heavy (non-hydrogen) atoms. The minimum Gasteiger partial charge on any atom is -0.444 e. The van der Waals surface area contributed by atoms with Gasteiger partial charge in [0.2, 0.25) is 0 Å². The number of nitrogens with zero attached hydrogens (tertiary/aromatic N) is 2. The summed E-state index contributed by atoms with van der Waals surface area (Å²) in [7, 11) is 0. The first-order valence-corrected chi connectivity index (χ1v) is 11.7. The molecule has 3 atom stereocenters. The molecule has 170 valence electrons. The molecule has 1 aliphatic heterocycles. The van der Waals surface area contributed by atoms with E-state index < -0.39 is 5.60 Å². The molecule has 1 saturated carbocycles. The monoisotopic (exact) mass is 453 g/mol. The van der Waals surface area contributed by atoms with E-state index in [-0.39, 0.29) is 12.1 Å². The summed E-state index contributed by atoms with van der Waals surface area (Å²) in [4.78, 5) is 19.7. The zero-order valence-corrected chi connectivity index (χ0v) is 20.0. The number of carbonyl (C=O) groups is 1. The van der Waals surface area contributed by atoms with Crippen LogP contribution in [0.5, 0.6) is 0 Å². The second-order valence-corrected chi connectivity index (χ2v) is 10.3. The highest BCUT2D eigenvalue weighted by molar-refractivity contribution is 6.30. The standard InChI is InChI=1S/C26H32ClN3O2/c1-16(18-11-12-21-20-9-6-10-22(20)24(28)29-23(21)14-18)30(25(31)32-26(2,3)4)15-17-7-5-8-19(27)13-17/h5,7-8,11-14,16,20,22H,6,9-10,15H2,1-4H3,(H2,28,29). The normalized spacial score (nSPS) is 20.7. The number of hydrogen-bond acceptors (Lipinski definition) is 4. The molecule has 1 heterocycles. The largest absolute Gasteiger partial charge is 0.444 e. The summed E-state index contributed by atoms with van der Waals surface area (Å²) in [6.45, 7) is 8.04. The number of nitrogens with two attached hydrogens (primary N) is 1. The summed E-state index contributed by atoms with van der Waals surface area (Å²) >= 11 is 6.19. The fraction of sp³-hybridized carbons (Fsp3) is 0.462. The van der Waals surface area contributed by atoms with Gasteiger partial charge < -0.3 is 10.5 Å². The summed E-state index contributed by atoms with van der Waals surface area (Å²) < 4.78 is 5.74. The van der Waals surface area contributed by atoms with Crippen molar-refractivity contribution in [2.24, 2.45) is 16.6 Å². The van der Waals surface area contributed by atoms with E-state index in [2.05, 4.69) is 18.2 Å². The van der Waals surface area contributed by atoms with E-state index >= 15 is 0 Å². The first kappa shape index (κ1) is 22.7. The van der Waals surface area contributed by atoms with Crippen LogP contribution in [-0.2, 0) is 11.3 Å². The number of fused-ring (bicyclic) bond motifs is 3. The first-order valence-electron chi connectivity index (χ1n) is 11.3. The number of benzene rings is 2. The Morgan fingerprint density at radius 3 is 2.69 bits per heavy atom. The Morgan fingerprint density at radius 2 is 1.97 bits per heavy atom. The van der Waals surface area contributed by atoms with Gasteiger partial charge in [0.25, 0.3) is 0 Å². The SMILES string of the molecule is CC(c1ccc2c(c1)N=C(N)C1CCCC21)N(Cc1cccc(Cl)c1)C(=O)OC(C)(C)C. The molecule has 1 aliphatic carbocycles. The quantitative estimate of drug-likeness (QED) is 0.558. The molecule has 0 bridgehead atoms. The van der Waals surface area contributed by atoms with Crippen molar-refractivity contribution < 1.29 is 9.53 Å². The smallest absolute Gasteiger partial charge is 0.411 e. The molecule has 6 heteroatoms. The van der Waals surface area contributed by atoms with Gasteiger partial charge in [0.1, 0.15) is 11.4 Å². The van der Waals surface area contributed by atoms with Crippen molar-refractivity contribution in [2.75, 3.05) is 0 Å². The predicted octanol–water partition coefficient (Wildman–Crippen LogP) is 6.72. The predicted molar refractivity (Wildman–Crippen MR) is 129 cm³/mol. The van der Waals surface area contributed by atoms with Gasteiger partial charge >= 0.3 is 6.09 Å². The van der Waals surface area contributed by atoms with Crippen molar-refractivity contribution in [3.8, 4) is 0 Å². The lowest BCUT2D eigenvalue weighted by Gasteiger charge is -2.33. The number of amidine groups is 1. The Hall–Kier alpha value is -2.53. The number of halogens is 1. The Bertz CT molecular complexity index is 1040. The average molecular weight is 454 g/mol. The van der Waals surface area contributed by atoms with Crippen LogP contribution in [-0.4, -0.2) is 22.4 Å². The molecule has 0 radical (unpaired) electrons. The summed E-state index contributed by atoms with van der Waals surface area (Å²) in [5.74, 6) is 1.57. The molecule has 5 nitrogen and oxygen atoms in total. The molecule has 2 N–H and O–H groups in total. The van der Waals surface area contributed by atoms with E-state index in [0.29, 0.717) is 23.4 Å². The van der Waals surface area contributed by atoms with Crippen LogP contribution >= 0.6 is 11.6 Å². The Balaban J connectivity index is 1.65. The third-order valence-corrected chi connectivity index (χ3v) is 6.65. The number of amides is 1. The van der Waals surface area contributed by atoms with E-state index in [9.17, 15) is 4.79 Å². The van der Waals surface area contributed by atoms with Crippen LogP contribution in [0.25, 0.3) is 0 Å². The average Bonchev–Trinajstić information content (AvgIpc) is 3.21. The third kappa shape index (κ3) is 4.78. The lowest BCUT2D eigenvalue weighted by atomic mass is 9.84. The van der Waals surface area contributed by atoms with Gasteiger partial charge in [-0.25, -0.2) is 9.79 Å². The van der Waals surface area contributed by atoms with Crippen LogP contribution in [0.2, 0.25) is 5.02 Å². The maximum atomic E-state index is 13.2. The van der Waals surface area contributed by atoms with E-state index in [1.807, 2.05) is 52.0 Å². The molecule has 2 aromatic rings. The van der Waals surface area contributed by atoms with Crippen molar-refractivity contribution in [1.29, 1.82) is 0 Å². The van der Waals surface area contributed by atoms with Crippen LogP contribution in [0.4, 0.5) is 10.5 Å².